The van der Waals surface area contributed by atoms with Gasteiger partial charge in [0.25, 0.3) is 5.91 Å². The van der Waals surface area contributed by atoms with Crippen LogP contribution in [0, 0.1) is 0 Å². The van der Waals surface area contributed by atoms with Crippen LogP contribution < -0.4 is 4.90 Å². The molecule has 0 radical (unpaired) electrons. The minimum Gasteiger partial charge on any atom is -0.378 e. The van der Waals surface area contributed by atoms with Gasteiger partial charge in [0.2, 0.25) is 0 Å². The summed E-state index contributed by atoms with van der Waals surface area (Å²) in [5.41, 5.74) is 6.51. The summed E-state index contributed by atoms with van der Waals surface area (Å²) in [5, 5.41) is 4.76. The number of amides is 1. The van der Waals surface area contributed by atoms with Crippen LogP contribution >= 0.6 is 0 Å². The van der Waals surface area contributed by atoms with Crippen molar-refractivity contribution in [3.63, 3.8) is 0 Å². The van der Waals surface area contributed by atoms with Crippen LogP contribution in [-0.2, 0) is 19.9 Å². The minimum absolute atomic E-state index is 0.0967. The molecule has 1 aliphatic rings. The topological polar surface area (TPSA) is 41.4 Å². The number of aryl methyl sites for hydroxylation is 1. The van der Waals surface area contributed by atoms with Gasteiger partial charge in [-0.25, -0.2) is 0 Å². The standard InChI is InChI=1S/C23H26N4O/c1-25(2)19-11-7-10-18(16-19)23(28)27-14-12-20-21(13-15-27)24-26(3)22(20)17-8-5-4-6-9-17/h4-11,16H,12-15H2,1-3H3. The highest BCUT2D eigenvalue weighted by Gasteiger charge is 2.25. The van der Waals surface area contributed by atoms with Crippen LogP contribution in [-0.4, -0.2) is 47.8 Å². The molecule has 1 aliphatic heterocycles. The first-order valence-electron chi connectivity index (χ1n) is 9.71. The van der Waals surface area contributed by atoms with Crippen molar-refractivity contribution in [3.8, 4) is 11.3 Å². The van der Waals surface area contributed by atoms with E-state index in [1.165, 1.54) is 16.8 Å². The highest BCUT2D eigenvalue weighted by Crippen LogP contribution is 2.29. The summed E-state index contributed by atoms with van der Waals surface area (Å²) in [6.07, 6.45) is 1.61. The number of hydrogen-bond acceptors (Lipinski definition) is 3. The first-order valence-corrected chi connectivity index (χ1v) is 9.71. The Morgan fingerprint density at radius 2 is 1.75 bits per heavy atom. The first-order chi connectivity index (χ1) is 13.5. The van der Waals surface area contributed by atoms with Gasteiger partial charge in [-0.1, -0.05) is 36.4 Å². The van der Waals surface area contributed by atoms with E-state index < -0.39 is 0 Å². The third-order valence-electron chi connectivity index (χ3n) is 5.42. The summed E-state index contributed by atoms with van der Waals surface area (Å²) in [6, 6.07) is 18.2. The number of fused-ring (bicyclic) bond motifs is 1. The summed E-state index contributed by atoms with van der Waals surface area (Å²) in [4.78, 5) is 17.1. The van der Waals surface area contributed by atoms with Crippen molar-refractivity contribution in [1.82, 2.24) is 14.7 Å². The van der Waals surface area contributed by atoms with Gasteiger partial charge in [0.1, 0.15) is 0 Å². The third-order valence-corrected chi connectivity index (χ3v) is 5.42. The lowest BCUT2D eigenvalue weighted by Gasteiger charge is -2.21. The lowest BCUT2D eigenvalue weighted by Crippen LogP contribution is -2.33. The number of nitrogens with zero attached hydrogens (tertiary/aromatic N) is 4. The Bertz CT molecular complexity index is 991. The largest absolute Gasteiger partial charge is 0.378 e. The highest BCUT2D eigenvalue weighted by atomic mass is 16.2. The van der Waals surface area contributed by atoms with E-state index in [2.05, 4.69) is 24.3 Å². The molecule has 0 fully saturated rings. The van der Waals surface area contributed by atoms with Gasteiger partial charge in [-0.15, -0.1) is 0 Å². The Hall–Kier alpha value is -3.08. The second-order valence-electron chi connectivity index (χ2n) is 7.50. The summed E-state index contributed by atoms with van der Waals surface area (Å²) >= 11 is 0. The van der Waals surface area contributed by atoms with Crippen molar-refractivity contribution in [2.75, 3.05) is 32.1 Å². The van der Waals surface area contributed by atoms with E-state index in [9.17, 15) is 4.79 Å². The number of hydrogen-bond donors (Lipinski definition) is 0. The summed E-state index contributed by atoms with van der Waals surface area (Å²) in [7, 11) is 5.98. The number of benzene rings is 2. The molecular formula is C23H26N4O. The molecule has 0 saturated heterocycles. The lowest BCUT2D eigenvalue weighted by molar-refractivity contribution is 0.0762. The first kappa shape index (κ1) is 18.3. The Kier molecular flexibility index (Phi) is 4.90. The van der Waals surface area contributed by atoms with Crippen molar-refractivity contribution in [2.24, 2.45) is 7.05 Å². The number of aromatic nitrogens is 2. The van der Waals surface area contributed by atoms with E-state index in [-0.39, 0.29) is 5.91 Å². The quantitative estimate of drug-likeness (QED) is 0.706. The molecule has 0 N–H and O–H groups in total. The summed E-state index contributed by atoms with van der Waals surface area (Å²) < 4.78 is 1.98. The number of carbonyl (C=O) groups excluding carboxylic acids is 1. The van der Waals surface area contributed by atoms with Crippen LogP contribution in [0.3, 0.4) is 0 Å². The third kappa shape index (κ3) is 3.40. The van der Waals surface area contributed by atoms with Gasteiger partial charge in [0.05, 0.1) is 11.4 Å². The molecule has 1 aromatic heterocycles. The zero-order chi connectivity index (χ0) is 19.7. The van der Waals surface area contributed by atoms with Gasteiger partial charge in [-0.2, -0.15) is 5.10 Å². The number of carbonyl (C=O) groups is 1. The molecule has 0 atom stereocenters. The molecule has 0 aliphatic carbocycles. The Morgan fingerprint density at radius 1 is 1.00 bits per heavy atom. The van der Waals surface area contributed by atoms with Gasteiger partial charge in [0.15, 0.2) is 0 Å². The molecule has 4 rings (SSSR count). The van der Waals surface area contributed by atoms with E-state index in [0.29, 0.717) is 13.1 Å². The fourth-order valence-electron chi connectivity index (χ4n) is 3.95. The molecule has 5 nitrogen and oxygen atoms in total. The predicted octanol–water partition coefficient (Wildman–Crippen LogP) is 3.39. The van der Waals surface area contributed by atoms with E-state index >= 15 is 0 Å². The fraction of sp³-hybridized carbons (Fsp3) is 0.304. The average Bonchev–Trinajstić information content (AvgIpc) is 2.89. The van der Waals surface area contributed by atoms with Crippen LogP contribution in [0.2, 0.25) is 0 Å². The minimum atomic E-state index is 0.0967. The van der Waals surface area contributed by atoms with Crippen molar-refractivity contribution in [2.45, 2.75) is 12.8 Å². The molecule has 3 aromatic rings. The van der Waals surface area contributed by atoms with Gasteiger partial charge in [-0.05, 0) is 24.6 Å². The van der Waals surface area contributed by atoms with Gasteiger partial charge >= 0.3 is 0 Å². The molecule has 144 valence electrons. The Labute approximate surface area is 166 Å². The molecule has 2 aromatic carbocycles. The van der Waals surface area contributed by atoms with Crippen molar-refractivity contribution < 1.29 is 4.79 Å². The summed E-state index contributed by atoms with van der Waals surface area (Å²) in [6.45, 7) is 1.41. The zero-order valence-electron chi connectivity index (χ0n) is 16.7. The van der Waals surface area contributed by atoms with Crippen LogP contribution in [0.1, 0.15) is 21.6 Å². The maximum Gasteiger partial charge on any atom is 0.253 e. The van der Waals surface area contributed by atoms with Crippen LogP contribution in [0.25, 0.3) is 11.3 Å². The number of anilines is 1. The van der Waals surface area contributed by atoms with Crippen molar-refractivity contribution in [1.29, 1.82) is 0 Å². The zero-order valence-corrected chi connectivity index (χ0v) is 16.7. The monoisotopic (exact) mass is 374 g/mol. The molecule has 5 heteroatoms. The second-order valence-corrected chi connectivity index (χ2v) is 7.50. The predicted molar refractivity (Wildman–Crippen MR) is 113 cm³/mol. The van der Waals surface area contributed by atoms with Gasteiger partial charge < -0.3 is 9.80 Å². The molecule has 0 spiro atoms. The van der Waals surface area contributed by atoms with E-state index in [1.807, 2.05) is 66.0 Å². The lowest BCUT2D eigenvalue weighted by atomic mass is 10.0. The molecule has 1 amide bonds. The molecular weight excluding hydrogens is 348 g/mol. The average molecular weight is 374 g/mol. The van der Waals surface area contributed by atoms with Gasteiger partial charge in [-0.3, -0.25) is 9.48 Å². The molecule has 0 unspecified atom stereocenters. The van der Waals surface area contributed by atoms with E-state index in [0.717, 1.165) is 29.8 Å². The van der Waals surface area contributed by atoms with E-state index in [1.54, 1.807) is 0 Å². The fourth-order valence-corrected chi connectivity index (χ4v) is 3.95. The molecule has 0 bridgehead atoms. The van der Waals surface area contributed by atoms with Gasteiger partial charge in [0, 0.05) is 63.0 Å². The molecule has 2 heterocycles. The summed E-state index contributed by atoms with van der Waals surface area (Å²) in [5.74, 6) is 0.0967. The Balaban J connectivity index is 1.58. The number of rotatable bonds is 3. The SMILES string of the molecule is CN(C)c1cccc(C(=O)N2CCc3nn(C)c(-c4ccccc4)c3CC2)c1. The molecule has 0 saturated carbocycles. The van der Waals surface area contributed by atoms with Crippen LogP contribution in [0.5, 0.6) is 0 Å². The van der Waals surface area contributed by atoms with Crippen molar-refractivity contribution in [3.05, 3.63) is 71.4 Å². The normalized spacial score (nSPS) is 13.8. The Morgan fingerprint density at radius 3 is 2.50 bits per heavy atom. The maximum absolute atomic E-state index is 13.1. The maximum atomic E-state index is 13.1. The second kappa shape index (κ2) is 7.50. The van der Waals surface area contributed by atoms with Crippen LogP contribution in [0.15, 0.2) is 54.6 Å². The molecule has 28 heavy (non-hydrogen) atoms. The van der Waals surface area contributed by atoms with E-state index in [4.69, 9.17) is 5.10 Å². The highest BCUT2D eigenvalue weighted by molar-refractivity contribution is 5.95. The smallest absolute Gasteiger partial charge is 0.253 e. The van der Waals surface area contributed by atoms with Crippen molar-refractivity contribution >= 4 is 11.6 Å². The van der Waals surface area contributed by atoms with Crippen LogP contribution in [0.4, 0.5) is 5.69 Å².